The fourth-order valence-corrected chi connectivity index (χ4v) is 4.77. The van der Waals surface area contributed by atoms with Crippen molar-refractivity contribution in [3.8, 4) is 0 Å². The zero-order valence-electron chi connectivity index (χ0n) is 16.9. The summed E-state index contributed by atoms with van der Waals surface area (Å²) in [5.74, 6) is 0. The first-order valence-corrected chi connectivity index (χ1v) is 10.9. The standard InChI is InChI=1S/C19H21N5O6S/c1-13-5-6-15(11-18(13)23(25)26)14(2)20-21-17-8-7-16(12-19(17)24(27)28)31(29,30)22-9-3-4-10-22/h5-8,11-12,21H,3-4,9-10H2,1-2H3/b20-14+. The predicted octanol–water partition coefficient (Wildman–Crippen LogP) is 3.43. The molecule has 2 aromatic carbocycles. The molecule has 0 radical (unpaired) electrons. The monoisotopic (exact) mass is 447 g/mol. The summed E-state index contributed by atoms with van der Waals surface area (Å²) in [6, 6.07) is 8.21. The Hall–Kier alpha value is -3.38. The van der Waals surface area contributed by atoms with Gasteiger partial charge in [0.2, 0.25) is 10.0 Å². The van der Waals surface area contributed by atoms with Crippen molar-refractivity contribution in [3.63, 3.8) is 0 Å². The Bertz CT molecular complexity index is 1170. The maximum Gasteiger partial charge on any atom is 0.295 e. The number of nitro benzene ring substituents is 2. The summed E-state index contributed by atoms with van der Waals surface area (Å²) < 4.78 is 26.7. The van der Waals surface area contributed by atoms with Crippen LogP contribution < -0.4 is 5.43 Å². The Kier molecular flexibility index (Phi) is 6.32. The van der Waals surface area contributed by atoms with E-state index in [-0.39, 0.29) is 16.3 Å². The molecular weight excluding hydrogens is 426 g/mol. The van der Waals surface area contributed by atoms with E-state index in [1.165, 1.54) is 22.5 Å². The Balaban J connectivity index is 1.90. The average molecular weight is 447 g/mol. The van der Waals surface area contributed by atoms with Crippen LogP contribution in [0.5, 0.6) is 0 Å². The summed E-state index contributed by atoms with van der Waals surface area (Å²) in [7, 11) is -3.80. The molecule has 0 unspecified atom stereocenters. The van der Waals surface area contributed by atoms with Crippen LogP contribution in [0.3, 0.4) is 0 Å². The number of rotatable bonds is 7. The minimum absolute atomic E-state index is 0.00586. The molecular formula is C19H21N5O6S. The van der Waals surface area contributed by atoms with Crippen molar-refractivity contribution in [2.75, 3.05) is 18.5 Å². The van der Waals surface area contributed by atoms with Crippen LogP contribution in [-0.4, -0.2) is 41.4 Å². The lowest BCUT2D eigenvalue weighted by Gasteiger charge is -2.15. The van der Waals surface area contributed by atoms with Crippen molar-refractivity contribution in [2.45, 2.75) is 31.6 Å². The molecule has 3 rings (SSSR count). The molecule has 0 aliphatic carbocycles. The average Bonchev–Trinajstić information content (AvgIpc) is 3.27. The van der Waals surface area contributed by atoms with Crippen LogP contribution in [0.2, 0.25) is 0 Å². The highest BCUT2D eigenvalue weighted by Crippen LogP contribution is 2.30. The second-order valence-corrected chi connectivity index (χ2v) is 9.05. The van der Waals surface area contributed by atoms with Crippen LogP contribution >= 0.6 is 0 Å². The van der Waals surface area contributed by atoms with Crippen molar-refractivity contribution in [1.82, 2.24) is 4.31 Å². The number of hydrogen-bond donors (Lipinski definition) is 1. The smallest absolute Gasteiger partial charge is 0.271 e. The third kappa shape index (κ3) is 4.70. The first-order valence-electron chi connectivity index (χ1n) is 9.45. The van der Waals surface area contributed by atoms with Gasteiger partial charge in [-0.05, 0) is 38.8 Å². The molecule has 1 aliphatic heterocycles. The highest BCUT2D eigenvalue weighted by atomic mass is 32.2. The molecule has 1 fully saturated rings. The van der Waals surface area contributed by atoms with Gasteiger partial charge in [-0.3, -0.25) is 25.7 Å². The van der Waals surface area contributed by atoms with Gasteiger partial charge in [0.15, 0.2) is 0 Å². The van der Waals surface area contributed by atoms with Gasteiger partial charge in [-0.25, -0.2) is 8.42 Å². The number of benzene rings is 2. The minimum Gasteiger partial charge on any atom is -0.271 e. The lowest BCUT2D eigenvalue weighted by atomic mass is 10.1. The molecule has 1 saturated heterocycles. The largest absolute Gasteiger partial charge is 0.295 e. The van der Waals surface area contributed by atoms with Gasteiger partial charge in [0, 0.05) is 36.3 Å². The number of nitrogens with one attached hydrogen (secondary N) is 1. The summed E-state index contributed by atoms with van der Waals surface area (Å²) in [4.78, 5) is 21.3. The molecule has 1 aliphatic rings. The maximum atomic E-state index is 12.7. The topological polar surface area (TPSA) is 148 Å². The lowest BCUT2D eigenvalue weighted by molar-refractivity contribution is -0.385. The molecule has 11 nitrogen and oxygen atoms in total. The quantitative estimate of drug-likeness (QED) is 0.388. The van der Waals surface area contributed by atoms with Crippen LogP contribution in [-0.2, 0) is 10.0 Å². The van der Waals surface area contributed by atoms with Gasteiger partial charge in [0.05, 0.1) is 20.5 Å². The Morgan fingerprint density at radius 1 is 1.03 bits per heavy atom. The second kappa shape index (κ2) is 8.78. The first kappa shape index (κ1) is 22.3. The fourth-order valence-electron chi connectivity index (χ4n) is 3.23. The molecule has 0 amide bonds. The van der Waals surface area contributed by atoms with Crippen molar-refractivity contribution in [3.05, 3.63) is 67.8 Å². The molecule has 0 aromatic heterocycles. The third-order valence-corrected chi connectivity index (χ3v) is 6.93. The lowest BCUT2D eigenvalue weighted by Crippen LogP contribution is -2.27. The number of nitro groups is 2. The van der Waals surface area contributed by atoms with Crippen molar-refractivity contribution in [2.24, 2.45) is 5.10 Å². The highest BCUT2D eigenvalue weighted by Gasteiger charge is 2.29. The van der Waals surface area contributed by atoms with Crippen molar-refractivity contribution in [1.29, 1.82) is 0 Å². The molecule has 0 spiro atoms. The molecule has 31 heavy (non-hydrogen) atoms. The first-order chi connectivity index (χ1) is 14.6. The molecule has 1 heterocycles. The summed E-state index contributed by atoms with van der Waals surface area (Å²) >= 11 is 0. The van der Waals surface area contributed by atoms with E-state index in [4.69, 9.17) is 0 Å². The number of hydrazone groups is 1. The Labute approximate surface area is 178 Å². The van der Waals surface area contributed by atoms with Crippen LogP contribution in [0, 0.1) is 27.2 Å². The molecule has 164 valence electrons. The Morgan fingerprint density at radius 2 is 1.68 bits per heavy atom. The molecule has 2 aromatic rings. The molecule has 0 atom stereocenters. The van der Waals surface area contributed by atoms with Crippen LogP contribution in [0.1, 0.15) is 30.9 Å². The van der Waals surface area contributed by atoms with E-state index < -0.39 is 25.6 Å². The van der Waals surface area contributed by atoms with Crippen molar-refractivity contribution >= 4 is 32.8 Å². The number of hydrogen-bond acceptors (Lipinski definition) is 8. The molecule has 12 heteroatoms. The van der Waals surface area contributed by atoms with E-state index in [0.29, 0.717) is 29.9 Å². The normalized spacial score (nSPS) is 15.1. The van der Waals surface area contributed by atoms with E-state index in [1.807, 2.05) is 0 Å². The molecule has 1 N–H and O–H groups in total. The van der Waals surface area contributed by atoms with Gasteiger partial charge < -0.3 is 0 Å². The van der Waals surface area contributed by atoms with E-state index in [2.05, 4.69) is 10.5 Å². The number of sulfonamides is 1. The highest BCUT2D eigenvalue weighted by molar-refractivity contribution is 7.89. The molecule has 0 saturated carbocycles. The Morgan fingerprint density at radius 3 is 2.29 bits per heavy atom. The van der Waals surface area contributed by atoms with Gasteiger partial charge in [-0.2, -0.15) is 9.41 Å². The van der Waals surface area contributed by atoms with E-state index in [0.717, 1.165) is 18.9 Å². The SMILES string of the molecule is C/C(=N\Nc1ccc(S(=O)(=O)N2CCCC2)cc1[N+](=O)[O-])c1ccc(C)c([N+](=O)[O-])c1. The van der Waals surface area contributed by atoms with Gasteiger partial charge in [-0.1, -0.05) is 12.1 Å². The van der Waals surface area contributed by atoms with Crippen molar-refractivity contribution < 1.29 is 18.3 Å². The summed E-state index contributed by atoms with van der Waals surface area (Å²) in [6.07, 6.45) is 1.51. The third-order valence-electron chi connectivity index (χ3n) is 5.04. The number of nitrogens with zero attached hydrogens (tertiary/aromatic N) is 4. The van der Waals surface area contributed by atoms with Crippen LogP contribution in [0.4, 0.5) is 17.1 Å². The summed E-state index contributed by atoms with van der Waals surface area (Å²) in [5, 5.41) is 26.7. The van der Waals surface area contributed by atoms with Crippen LogP contribution in [0.15, 0.2) is 46.4 Å². The maximum absolute atomic E-state index is 12.7. The van der Waals surface area contributed by atoms with Crippen LogP contribution in [0.25, 0.3) is 0 Å². The minimum atomic E-state index is -3.80. The predicted molar refractivity (Wildman–Crippen MR) is 115 cm³/mol. The van der Waals surface area contributed by atoms with Gasteiger partial charge in [0.1, 0.15) is 5.69 Å². The summed E-state index contributed by atoms with van der Waals surface area (Å²) in [6.45, 7) is 4.00. The molecule has 0 bridgehead atoms. The zero-order chi connectivity index (χ0) is 22.8. The number of anilines is 1. The van der Waals surface area contributed by atoms with E-state index in [1.54, 1.807) is 26.0 Å². The fraction of sp³-hybridized carbons (Fsp3) is 0.316. The van der Waals surface area contributed by atoms with E-state index >= 15 is 0 Å². The second-order valence-electron chi connectivity index (χ2n) is 7.11. The summed E-state index contributed by atoms with van der Waals surface area (Å²) in [5.41, 5.74) is 3.42. The van der Waals surface area contributed by atoms with Gasteiger partial charge >= 0.3 is 0 Å². The van der Waals surface area contributed by atoms with E-state index in [9.17, 15) is 28.6 Å². The van der Waals surface area contributed by atoms with Gasteiger partial charge in [0.25, 0.3) is 11.4 Å². The number of aryl methyl sites for hydroxylation is 1. The van der Waals surface area contributed by atoms with Gasteiger partial charge in [-0.15, -0.1) is 0 Å². The zero-order valence-corrected chi connectivity index (χ0v) is 17.8.